The van der Waals surface area contributed by atoms with Crippen molar-refractivity contribution in [2.45, 2.75) is 72.7 Å². The third-order valence-electron chi connectivity index (χ3n) is 8.18. The third-order valence-corrected chi connectivity index (χ3v) is 11.1. The number of carboxylic acid groups (broad SMARTS) is 2. The second-order valence-corrected chi connectivity index (χ2v) is 15.1. The number of hydrogen-bond donors (Lipinski definition) is 6. The Hall–Kier alpha value is -3.32. The van der Waals surface area contributed by atoms with E-state index in [2.05, 4.69) is 15.4 Å². The van der Waals surface area contributed by atoms with Gasteiger partial charge in [0.1, 0.15) is 21.9 Å². The summed E-state index contributed by atoms with van der Waals surface area (Å²) in [6.07, 6.45) is 0.221. The molecule has 0 radical (unpaired) electrons. The summed E-state index contributed by atoms with van der Waals surface area (Å²) in [5, 5.41) is 30.4. The van der Waals surface area contributed by atoms with Gasteiger partial charge in [-0.05, 0) is 57.4 Å². The summed E-state index contributed by atoms with van der Waals surface area (Å²) in [7, 11) is -6.68. The molecule has 2 aliphatic rings. The van der Waals surface area contributed by atoms with Gasteiger partial charge in [0.05, 0.1) is 22.9 Å². The lowest BCUT2D eigenvalue weighted by molar-refractivity contribution is -0.149. The summed E-state index contributed by atoms with van der Waals surface area (Å²) in [4.78, 5) is 39.7. The molecule has 7 N–H and O–H groups in total. The molecule has 0 bridgehead atoms. The number of carboxylic acids is 2. The number of carbonyl (C=O) groups excluding carboxylic acids is 1. The first kappa shape index (κ1) is 35.5. The summed E-state index contributed by atoms with van der Waals surface area (Å²) < 4.78 is 51.9. The number of aliphatic carboxylic acids is 2. The van der Waals surface area contributed by atoms with Gasteiger partial charge in [0.2, 0.25) is 26.0 Å². The number of hydrogen-bond acceptors (Lipinski definition) is 10. The maximum absolute atomic E-state index is 13.4. The molecule has 2 aromatic rings. The second-order valence-electron chi connectivity index (χ2n) is 11.4. The number of carbonyl (C=O) groups is 3. The van der Waals surface area contributed by atoms with Crippen molar-refractivity contribution in [1.82, 2.24) is 19.8 Å². The number of aryl methyl sites for hydroxylation is 1. The Balaban J connectivity index is 1.38. The zero-order valence-electron chi connectivity index (χ0n) is 25.1. The van der Waals surface area contributed by atoms with Crippen LogP contribution in [0.15, 0.2) is 52.3 Å². The number of anilines is 1. The van der Waals surface area contributed by atoms with Gasteiger partial charge in [-0.3, -0.25) is 14.9 Å². The molecular weight excluding hydrogens is 664 g/mol. The highest BCUT2D eigenvalue weighted by atomic mass is 35.5. The number of amides is 1. The summed E-state index contributed by atoms with van der Waals surface area (Å²) in [5.41, 5.74) is 1.05. The molecule has 0 saturated carbocycles. The van der Waals surface area contributed by atoms with Gasteiger partial charge in [0, 0.05) is 19.1 Å². The van der Waals surface area contributed by atoms with Crippen LogP contribution in [0.25, 0.3) is 0 Å². The average Bonchev–Trinajstić information content (AvgIpc) is 3.42. The van der Waals surface area contributed by atoms with Crippen LogP contribution in [0.3, 0.4) is 0 Å². The third kappa shape index (κ3) is 8.33. The normalized spacial score (nSPS) is 22.1. The minimum absolute atomic E-state index is 0.0681. The molecule has 0 aromatic heterocycles. The Morgan fingerprint density at radius 2 is 1.87 bits per heavy atom. The fourth-order valence-electron chi connectivity index (χ4n) is 5.67. The summed E-state index contributed by atoms with van der Waals surface area (Å²) in [6, 6.07) is 7.87. The first-order chi connectivity index (χ1) is 21.5. The zero-order chi connectivity index (χ0) is 34.0. The van der Waals surface area contributed by atoms with Gasteiger partial charge in [-0.15, -0.1) is 0 Å². The molecule has 1 amide bonds. The molecule has 2 aromatic carbocycles. The number of nitrogens with one attached hydrogen (secondary N) is 3. The number of nitrogens with zero attached hydrogens (tertiary/aromatic N) is 2. The Bertz CT molecular complexity index is 1690. The van der Waals surface area contributed by atoms with Gasteiger partial charge >= 0.3 is 11.9 Å². The van der Waals surface area contributed by atoms with Gasteiger partial charge in [-0.1, -0.05) is 41.9 Å². The van der Waals surface area contributed by atoms with Gasteiger partial charge in [-0.2, -0.15) is 4.72 Å². The maximum Gasteiger partial charge on any atom is 0.326 e. The van der Waals surface area contributed by atoms with E-state index in [4.69, 9.17) is 16.7 Å². The van der Waals surface area contributed by atoms with Crippen molar-refractivity contribution >= 4 is 55.2 Å². The fourth-order valence-corrected chi connectivity index (χ4v) is 8.20. The standard InChI is InChI=1S/C28H37ClN6O9S2/c1-16(31-20(27(37)38)9-8-17-6-4-3-5-7-17)26(36)35-15-18(12-22(35)28(39)40)34(2)11-10-25-32-21-13-19(29)23(45(30,41)42)14-24(21)46(43,44)33-25/h3-7,13-14,16,18,20,22,25,31-33H,8-12,15H2,1-2H3,(H,37,38)(H,39,40)(H2,30,41,42)/t16-,18?,20-,22-,25?/m0/s1. The molecule has 2 aliphatic heterocycles. The lowest BCUT2D eigenvalue weighted by atomic mass is 10.0. The van der Waals surface area contributed by atoms with Crippen LogP contribution in [0.2, 0.25) is 5.02 Å². The fraction of sp³-hybridized carbons (Fsp3) is 0.464. The molecule has 5 atom stereocenters. The second kappa shape index (κ2) is 14.2. The van der Waals surface area contributed by atoms with Crippen molar-refractivity contribution in [3.63, 3.8) is 0 Å². The van der Waals surface area contributed by atoms with Gasteiger partial charge in [-0.25, -0.2) is 26.8 Å². The summed E-state index contributed by atoms with van der Waals surface area (Å²) in [5.74, 6) is -2.85. The molecule has 18 heteroatoms. The Kier molecular flexibility index (Phi) is 11.0. The Labute approximate surface area is 272 Å². The van der Waals surface area contributed by atoms with Crippen LogP contribution in [0.4, 0.5) is 5.69 Å². The molecule has 2 heterocycles. The van der Waals surface area contributed by atoms with E-state index >= 15 is 0 Å². The number of nitrogens with two attached hydrogens (primary N) is 1. The highest BCUT2D eigenvalue weighted by Crippen LogP contribution is 2.34. The van der Waals surface area contributed by atoms with Crippen molar-refractivity contribution in [3.8, 4) is 0 Å². The van der Waals surface area contributed by atoms with E-state index in [9.17, 15) is 41.4 Å². The van der Waals surface area contributed by atoms with Crippen LogP contribution >= 0.6 is 11.6 Å². The van der Waals surface area contributed by atoms with Crippen molar-refractivity contribution < 1.29 is 41.4 Å². The maximum atomic E-state index is 13.4. The highest BCUT2D eigenvalue weighted by molar-refractivity contribution is 7.90. The number of likely N-dealkylation sites (tertiary alicyclic amines) is 1. The van der Waals surface area contributed by atoms with Crippen LogP contribution < -0.4 is 20.5 Å². The predicted octanol–water partition coefficient (Wildman–Crippen LogP) is 0.457. The van der Waals surface area contributed by atoms with Gasteiger partial charge in [0.25, 0.3) is 0 Å². The quantitative estimate of drug-likeness (QED) is 0.167. The topological polar surface area (TPSA) is 229 Å². The number of sulfonamides is 2. The monoisotopic (exact) mass is 700 g/mol. The number of rotatable bonds is 13. The van der Waals surface area contributed by atoms with Crippen molar-refractivity contribution in [1.29, 1.82) is 0 Å². The van der Waals surface area contributed by atoms with E-state index in [1.165, 1.54) is 17.9 Å². The van der Waals surface area contributed by atoms with Crippen molar-refractivity contribution in [2.75, 3.05) is 25.5 Å². The largest absolute Gasteiger partial charge is 0.480 e. The van der Waals surface area contributed by atoms with Crippen molar-refractivity contribution in [2.24, 2.45) is 5.14 Å². The van der Waals surface area contributed by atoms with Crippen LogP contribution in [-0.4, -0.2) is 105 Å². The van der Waals surface area contributed by atoms with Crippen LogP contribution in [0.1, 0.15) is 31.7 Å². The van der Waals surface area contributed by atoms with E-state index in [0.717, 1.165) is 11.6 Å². The number of primary sulfonamides is 1. The molecule has 46 heavy (non-hydrogen) atoms. The van der Waals surface area contributed by atoms with Crippen LogP contribution in [0, 0.1) is 0 Å². The highest BCUT2D eigenvalue weighted by Gasteiger charge is 2.43. The molecule has 15 nitrogen and oxygen atoms in total. The predicted molar refractivity (Wildman–Crippen MR) is 168 cm³/mol. The number of likely N-dealkylation sites (N-methyl/N-ethyl adjacent to an activating group) is 1. The molecular formula is C28H37ClN6O9S2. The Morgan fingerprint density at radius 3 is 2.48 bits per heavy atom. The molecule has 4 rings (SSSR count). The first-order valence-electron chi connectivity index (χ1n) is 14.4. The Morgan fingerprint density at radius 1 is 1.20 bits per heavy atom. The molecule has 0 spiro atoms. The smallest absolute Gasteiger partial charge is 0.326 e. The van der Waals surface area contributed by atoms with E-state index in [-0.39, 0.29) is 54.0 Å². The molecule has 1 saturated heterocycles. The van der Waals surface area contributed by atoms with Crippen LogP contribution in [0.5, 0.6) is 0 Å². The van der Waals surface area contributed by atoms with Crippen molar-refractivity contribution in [3.05, 3.63) is 53.1 Å². The van der Waals surface area contributed by atoms with Crippen LogP contribution in [-0.2, 0) is 40.9 Å². The minimum Gasteiger partial charge on any atom is -0.480 e. The van der Waals surface area contributed by atoms with Gasteiger partial charge < -0.3 is 25.3 Å². The summed E-state index contributed by atoms with van der Waals surface area (Å²) in [6.45, 7) is 1.86. The summed E-state index contributed by atoms with van der Waals surface area (Å²) >= 11 is 6.05. The molecule has 2 unspecified atom stereocenters. The lowest BCUT2D eigenvalue weighted by Crippen LogP contribution is -2.53. The van der Waals surface area contributed by atoms with E-state index in [0.29, 0.717) is 6.42 Å². The number of fused-ring (bicyclic) bond motifs is 1. The van der Waals surface area contributed by atoms with E-state index < -0.39 is 67.1 Å². The SMILES string of the molecule is C[C@H](N[C@@H](CCc1ccccc1)C(=O)O)C(=O)N1CC(N(C)CCC2Nc3cc(Cl)c(S(N)(=O)=O)cc3S(=O)(=O)N2)C[C@H]1C(=O)O. The minimum atomic E-state index is -4.27. The molecule has 1 fully saturated rings. The number of benzene rings is 2. The van der Waals surface area contributed by atoms with E-state index in [1.807, 2.05) is 35.2 Å². The van der Waals surface area contributed by atoms with Gasteiger partial charge in [0.15, 0.2) is 0 Å². The number of halogens is 1. The molecule has 0 aliphatic carbocycles. The lowest BCUT2D eigenvalue weighted by Gasteiger charge is -2.31. The average molecular weight is 701 g/mol. The first-order valence-corrected chi connectivity index (χ1v) is 17.8. The van der Waals surface area contributed by atoms with E-state index in [1.54, 1.807) is 7.05 Å². The zero-order valence-corrected chi connectivity index (χ0v) is 27.5. The molecule has 252 valence electrons.